The highest BCUT2D eigenvalue weighted by Gasteiger charge is 2.36. The van der Waals surface area contributed by atoms with Crippen LogP contribution in [-0.4, -0.2) is 42.8 Å². The molecular formula is C17H22N2O3. The largest absolute Gasteiger partial charge is 0.454 e. The first-order chi connectivity index (χ1) is 10.7. The number of hydrogen-bond donors (Lipinski definition) is 1. The molecule has 3 aliphatic rings. The van der Waals surface area contributed by atoms with Crippen molar-refractivity contribution in [2.75, 3.05) is 13.8 Å². The number of nitrogens with zero attached hydrogens (tertiary/aromatic N) is 1. The summed E-state index contributed by atoms with van der Waals surface area (Å²) in [6.45, 7) is 0.235. The van der Waals surface area contributed by atoms with Crippen molar-refractivity contribution in [1.29, 1.82) is 0 Å². The van der Waals surface area contributed by atoms with Crippen LogP contribution in [0.25, 0.3) is 0 Å². The number of carbonyl (C=O) groups excluding carboxylic acids is 1. The van der Waals surface area contributed by atoms with Crippen molar-refractivity contribution in [3.05, 3.63) is 23.8 Å². The molecule has 2 bridgehead atoms. The van der Waals surface area contributed by atoms with Crippen LogP contribution in [0.4, 0.5) is 0 Å². The maximum absolute atomic E-state index is 12.5. The van der Waals surface area contributed by atoms with Gasteiger partial charge in [-0.05, 0) is 50.9 Å². The van der Waals surface area contributed by atoms with E-state index in [4.69, 9.17) is 9.47 Å². The van der Waals surface area contributed by atoms with Crippen LogP contribution in [0, 0.1) is 0 Å². The van der Waals surface area contributed by atoms with E-state index in [9.17, 15) is 4.79 Å². The average molecular weight is 302 g/mol. The first kappa shape index (κ1) is 13.9. The number of nitrogens with one attached hydrogen (secondary N) is 1. The molecule has 1 aromatic rings. The number of hydrogen-bond acceptors (Lipinski definition) is 4. The number of carbonyl (C=O) groups is 1. The zero-order valence-electron chi connectivity index (χ0n) is 12.9. The fourth-order valence-electron chi connectivity index (χ4n) is 4.04. The molecule has 4 rings (SSSR count). The van der Waals surface area contributed by atoms with Gasteiger partial charge in [-0.15, -0.1) is 0 Å². The molecule has 2 atom stereocenters. The van der Waals surface area contributed by atoms with Gasteiger partial charge in [-0.3, -0.25) is 4.79 Å². The second-order valence-electron chi connectivity index (χ2n) is 6.61. The summed E-state index contributed by atoms with van der Waals surface area (Å²) >= 11 is 0. The lowest BCUT2D eigenvalue weighted by atomic mass is 9.82. The van der Waals surface area contributed by atoms with Crippen molar-refractivity contribution < 1.29 is 14.3 Å². The normalized spacial score (nSPS) is 30.1. The Morgan fingerprint density at radius 1 is 1.18 bits per heavy atom. The molecule has 2 saturated heterocycles. The second-order valence-corrected chi connectivity index (χ2v) is 6.61. The molecular weight excluding hydrogens is 280 g/mol. The summed E-state index contributed by atoms with van der Waals surface area (Å²) in [4.78, 5) is 15.0. The van der Waals surface area contributed by atoms with E-state index < -0.39 is 0 Å². The van der Waals surface area contributed by atoms with Crippen LogP contribution in [-0.2, 0) is 0 Å². The number of piperidine rings is 2. The van der Waals surface area contributed by atoms with Crippen LogP contribution in [0.5, 0.6) is 11.5 Å². The van der Waals surface area contributed by atoms with Crippen LogP contribution in [0.3, 0.4) is 0 Å². The predicted octanol–water partition coefficient (Wildman–Crippen LogP) is 2.16. The van der Waals surface area contributed by atoms with Crippen molar-refractivity contribution in [3.63, 3.8) is 0 Å². The minimum Gasteiger partial charge on any atom is -0.454 e. The summed E-state index contributed by atoms with van der Waals surface area (Å²) < 4.78 is 10.6. The number of amides is 1. The Bertz CT molecular complexity index is 575. The Morgan fingerprint density at radius 3 is 2.68 bits per heavy atom. The van der Waals surface area contributed by atoms with E-state index in [-0.39, 0.29) is 18.7 Å². The molecule has 0 radical (unpaired) electrons. The molecule has 1 N–H and O–H groups in total. The maximum Gasteiger partial charge on any atom is 0.251 e. The quantitative estimate of drug-likeness (QED) is 0.909. The minimum atomic E-state index is -0.00840. The molecule has 5 nitrogen and oxygen atoms in total. The Hall–Kier alpha value is -1.75. The number of rotatable bonds is 2. The van der Waals surface area contributed by atoms with E-state index in [0.29, 0.717) is 29.1 Å². The molecule has 3 heterocycles. The summed E-state index contributed by atoms with van der Waals surface area (Å²) in [6, 6.07) is 6.90. The molecule has 0 saturated carbocycles. The topological polar surface area (TPSA) is 50.8 Å². The van der Waals surface area contributed by atoms with Gasteiger partial charge < -0.3 is 19.7 Å². The van der Waals surface area contributed by atoms with Gasteiger partial charge in [0.2, 0.25) is 6.79 Å². The second kappa shape index (κ2) is 5.47. The molecule has 22 heavy (non-hydrogen) atoms. The Labute approximate surface area is 130 Å². The lowest BCUT2D eigenvalue weighted by molar-refractivity contribution is 0.0463. The average Bonchev–Trinajstić information content (AvgIpc) is 2.95. The Morgan fingerprint density at radius 2 is 1.91 bits per heavy atom. The molecule has 0 spiro atoms. The molecule has 0 aliphatic carbocycles. The van der Waals surface area contributed by atoms with Gasteiger partial charge in [0, 0.05) is 23.7 Å². The third kappa shape index (κ3) is 2.43. The number of fused-ring (bicyclic) bond motifs is 3. The van der Waals surface area contributed by atoms with Crippen LogP contribution >= 0.6 is 0 Å². The van der Waals surface area contributed by atoms with Gasteiger partial charge in [0.05, 0.1) is 0 Å². The van der Waals surface area contributed by atoms with Crippen molar-refractivity contribution in [3.8, 4) is 11.5 Å². The zero-order chi connectivity index (χ0) is 15.1. The summed E-state index contributed by atoms with van der Waals surface area (Å²) in [7, 11) is 2.23. The lowest BCUT2D eigenvalue weighted by Gasteiger charge is -2.47. The summed E-state index contributed by atoms with van der Waals surface area (Å²) in [5.74, 6) is 1.36. The van der Waals surface area contributed by atoms with Crippen molar-refractivity contribution in [2.24, 2.45) is 0 Å². The van der Waals surface area contributed by atoms with Gasteiger partial charge in [0.1, 0.15) is 0 Å². The summed E-state index contributed by atoms with van der Waals surface area (Å²) in [6.07, 6.45) is 5.95. The number of benzene rings is 1. The number of ether oxygens (including phenoxy) is 2. The molecule has 1 amide bonds. The molecule has 0 aromatic heterocycles. The zero-order valence-corrected chi connectivity index (χ0v) is 12.9. The Balaban J connectivity index is 1.44. The molecule has 2 fully saturated rings. The van der Waals surface area contributed by atoms with Crippen LogP contribution in [0.2, 0.25) is 0 Å². The van der Waals surface area contributed by atoms with Crippen LogP contribution in [0.1, 0.15) is 42.5 Å². The third-order valence-corrected chi connectivity index (χ3v) is 5.31. The van der Waals surface area contributed by atoms with E-state index in [0.717, 1.165) is 12.8 Å². The maximum atomic E-state index is 12.5. The first-order valence-corrected chi connectivity index (χ1v) is 8.13. The predicted molar refractivity (Wildman–Crippen MR) is 82.2 cm³/mol. The van der Waals surface area contributed by atoms with E-state index in [1.807, 2.05) is 0 Å². The summed E-state index contributed by atoms with van der Waals surface area (Å²) in [5, 5.41) is 3.21. The van der Waals surface area contributed by atoms with Gasteiger partial charge in [0.15, 0.2) is 11.5 Å². The van der Waals surface area contributed by atoms with E-state index >= 15 is 0 Å². The standard InChI is InChI=1S/C17H22N2O3/c1-19-13-3-2-4-14(19)9-12(8-13)18-17(20)11-5-6-15-16(7-11)22-10-21-15/h5-7,12-14H,2-4,8-10H2,1H3,(H,18,20). The highest BCUT2D eigenvalue weighted by molar-refractivity contribution is 5.95. The summed E-state index contributed by atoms with van der Waals surface area (Å²) in [5.41, 5.74) is 0.647. The fourth-order valence-corrected chi connectivity index (χ4v) is 4.04. The minimum absolute atomic E-state index is 0.00840. The van der Waals surface area contributed by atoms with Crippen LogP contribution in [0.15, 0.2) is 18.2 Å². The van der Waals surface area contributed by atoms with E-state index in [1.54, 1.807) is 18.2 Å². The van der Waals surface area contributed by atoms with E-state index in [1.165, 1.54) is 19.3 Å². The highest BCUT2D eigenvalue weighted by atomic mass is 16.7. The van der Waals surface area contributed by atoms with Crippen molar-refractivity contribution >= 4 is 5.91 Å². The van der Waals surface area contributed by atoms with Gasteiger partial charge in [-0.2, -0.15) is 0 Å². The molecule has 5 heteroatoms. The van der Waals surface area contributed by atoms with Gasteiger partial charge >= 0.3 is 0 Å². The first-order valence-electron chi connectivity index (χ1n) is 8.13. The molecule has 118 valence electrons. The highest BCUT2D eigenvalue weighted by Crippen LogP contribution is 2.34. The smallest absolute Gasteiger partial charge is 0.251 e. The van der Waals surface area contributed by atoms with Crippen LogP contribution < -0.4 is 14.8 Å². The lowest BCUT2D eigenvalue weighted by Crippen LogP contribution is -2.55. The fraction of sp³-hybridized carbons (Fsp3) is 0.588. The van der Waals surface area contributed by atoms with Crippen molar-refractivity contribution in [1.82, 2.24) is 10.2 Å². The van der Waals surface area contributed by atoms with Gasteiger partial charge in [-0.1, -0.05) is 6.42 Å². The molecule has 2 unspecified atom stereocenters. The van der Waals surface area contributed by atoms with Gasteiger partial charge in [0.25, 0.3) is 5.91 Å². The van der Waals surface area contributed by atoms with Gasteiger partial charge in [-0.25, -0.2) is 0 Å². The molecule has 3 aliphatic heterocycles. The Kier molecular flexibility index (Phi) is 3.45. The van der Waals surface area contributed by atoms with E-state index in [2.05, 4.69) is 17.3 Å². The monoisotopic (exact) mass is 302 g/mol. The van der Waals surface area contributed by atoms with Crippen molar-refractivity contribution in [2.45, 2.75) is 50.2 Å². The SMILES string of the molecule is CN1C2CCCC1CC(NC(=O)c1ccc3c(c1)OCO3)C2. The third-order valence-electron chi connectivity index (χ3n) is 5.31. The molecule has 1 aromatic carbocycles.